The summed E-state index contributed by atoms with van der Waals surface area (Å²) in [5, 5.41) is 3.21. The maximum absolute atomic E-state index is 12.4. The van der Waals surface area contributed by atoms with E-state index in [1.807, 2.05) is 6.92 Å². The Bertz CT molecular complexity index is 1020. The number of esters is 1. The van der Waals surface area contributed by atoms with Gasteiger partial charge in [0.05, 0.1) is 29.9 Å². The van der Waals surface area contributed by atoms with E-state index < -0.39 is 24.4 Å². The summed E-state index contributed by atoms with van der Waals surface area (Å²) in [7, 11) is 1.43. The number of nitrogens with two attached hydrogens (primary N) is 1. The van der Waals surface area contributed by atoms with Crippen LogP contribution < -0.4 is 20.5 Å². The predicted molar refractivity (Wildman–Crippen MR) is 118 cm³/mol. The molecule has 0 atom stereocenters. The number of anilines is 1. The first kappa shape index (κ1) is 22.9. The number of amides is 2. The van der Waals surface area contributed by atoms with Crippen molar-refractivity contribution in [3.8, 4) is 11.5 Å². The summed E-state index contributed by atoms with van der Waals surface area (Å²) < 4.78 is 15.9. The van der Waals surface area contributed by atoms with Crippen molar-refractivity contribution in [1.29, 1.82) is 0 Å². The van der Waals surface area contributed by atoms with Crippen LogP contribution in [0.3, 0.4) is 0 Å². The van der Waals surface area contributed by atoms with E-state index >= 15 is 0 Å². The zero-order chi connectivity index (χ0) is 22.5. The third-order valence-electron chi connectivity index (χ3n) is 4.67. The maximum atomic E-state index is 12.4. The molecule has 10 heteroatoms. The Labute approximate surface area is 188 Å². The van der Waals surface area contributed by atoms with Crippen molar-refractivity contribution in [2.45, 2.75) is 32.6 Å². The van der Waals surface area contributed by atoms with Crippen LogP contribution >= 0.6 is 22.9 Å². The zero-order valence-corrected chi connectivity index (χ0v) is 18.8. The van der Waals surface area contributed by atoms with Gasteiger partial charge in [-0.05, 0) is 43.4 Å². The molecule has 31 heavy (non-hydrogen) atoms. The molecule has 0 radical (unpaired) electrons. The Balaban J connectivity index is 1.65. The Morgan fingerprint density at radius 2 is 2.03 bits per heavy atom. The average Bonchev–Trinajstić information content (AvgIpc) is 3.30. The van der Waals surface area contributed by atoms with E-state index in [4.69, 9.17) is 31.5 Å². The Morgan fingerprint density at radius 3 is 2.71 bits per heavy atom. The number of benzene rings is 1. The SMILES string of the molecule is CCCOc1c(Cl)cc(C(=O)OCC(=O)Nc2sc3c(c2C(N)=O)CCC3)cc1OC. The van der Waals surface area contributed by atoms with Gasteiger partial charge < -0.3 is 25.3 Å². The van der Waals surface area contributed by atoms with E-state index in [9.17, 15) is 14.4 Å². The first-order valence-corrected chi connectivity index (χ1v) is 11.0. The lowest BCUT2D eigenvalue weighted by molar-refractivity contribution is -0.119. The van der Waals surface area contributed by atoms with Gasteiger partial charge in [0.1, 0.15) is 5.00 Å². The number of carbonyl (C=O) groups excluding carboxylic acids is 3. The fraction of sp³-hybridized carbons (Fsp3) is 0.381. The number of primary amides is 1. The molecule has 3 rings (SSSR count). The molecule has 0 saturated heterocycles. The van der Waals surface area contributed by atoms with Gasteiger partial charge in [-0.1, -0.05) is 18.5 Å². The van der Waals surface area contributed by atoms with E-state index in [0.717, 1.165) is 36.1 Å². The number of carbonyl (C=O) groups is 3. The summed E-state index contributed by atoms with van der Waals surface area (Å²) >= 11 is 7.54. The Morgan fingerprint density at radius 1 is 1.26 bits per heavy atom. The van der Waals surface area contributed by atoms with Crippen LogP contribution in [0.25, 0.3) is 0 Å². The van der Waals surface area contributed by atoms with E-state index in [2.05, 4.69) is 5.32 Å². The van der Waals surface area contributed by atoms with Crippen LogP contribution in [0.2, 0.25) is 5.02 Å². The topological polar surface area (TPSA) is 117 Å². The molecule has 0 spiro atoms. The minimum Gasteiger partial charge on any atom is -0.493 e. The van der Waals surface area contributed by atoms with Crippen molar-refractivity contribution >= 4 is 45.7 Å². The van der Waals surface area contributed by atoms with Gasteiger partial charge in [-0.2, -0.15) is 0 Å². The van der Waals surface area contributed by atoms with E-state index in [1.165, 1.54) is 30.6 Å². The quantitative estimate of drug-likeness (QED) is 0.545. The first-order valence-electron chi connectivity index (χ1n) is 9.77. The second-order valence-electron chi connectivity index (χ2n) is 6.89. The van der Waals surface area contributed by atoms with Crippen molar-refractivity contribution in [2.24, 2.45) is 5.73 Å². The van der Waals surface area contributed by atoms with E-state index in [-0.39, 0.29) is 16.3 Å². The van der Waals surface area contributed by atoms with Gasteiger partial charge in [-0.15, -0.1) is 11.3 Å². The third-order valence-corrected chi connectivity index (χ3v) is 6.16. The van der Waals surface area contributed by atoms with Crippen LogP contribution in [0, 0.1) is 0 Å². The molecular formula is C21H23ClN2O6S. The first-order chi connectivity index (χ1) is 14.8. The third kappa shape index (κ3) is 5.11. The highest BCUT2D eigenvalue weighted by molar-refractivity contribution is 7.17. The molecular weight excluding hydrogens is 444 g/mol. The molecule has 1 aromatic heterocycles. The number of halogens is 1. The lowest BCUT2D eigenvalue weighted by Gasteiger charge is -2.13. The number of nitrogens with one attached hydrogen (secondary N) is 1. The molecule has 0 unspecified atom stereocenters. The predicted octanol–water partition coefficient (Wildman–Crippen LogP) is 3.58. The van der Waals surface area contributed by atoms with Crippen LogP contribution in [-0.4, -0.2) is 38.1 Å². The van der Waals surface area contributed by atoms with Gasteiger partial charge in [0.15, 0.2) is 18.1 Å². The zero-order valence-electron chi connectivity index (χ0n) is 17.2. The summed E-state index contributed by atoms with van der Waals surface area (Å²) in [5.41, 5.74) is 6.85. The van der Waals surface area contributed by atoms with Gasteiger partial charge >= 0.3 is 5.97 Å². The molecule has 0 bridgehead atoms. The molecule has 2 aromatic rings. The van der Waals surface area contributed by atoms with E-state index in [1.54, 1.807) is 0 Å². The summed E-state index contributed by atoms with van der Waals surface area (Å²) in [5.74, 6) is -1.28. The summed E-state index contributed by atoms with van der Waals surface area (Å²) in [6.07, 6.45) is 3.35. The number of thiophene rings is 1. The Kier molecular flexibility index (Phi) is 7.40. The van der Waals surface area contributed by atoms with Crippen molar-refractivity contribution in [2.75, 3.05) is 25.6 Å². The van der Waals surface area contributed by atoms with Crippen LogP contribution in [0.4, 0.5) is 5.00 Å². The number of hydrogen-bond acceptors (Lipinski definition) is 7. The van der Waals surface area contributed by atoms with E-state index in [0.29, 0.717) is 22.9 Å². The molecule has 8 nitrogen and oxygen atoms in total. The lowest BCUT2D eigenvalue weighted by Crippen LogP contribution is -2.22. The molecule has 2 amide bonds. The monoisotopic (exact) mass is 466 g/mol. The standard InChI is InChI=1S/C21H23ClN2O6S/c1-3-7-29-18-13(22)8-11(9-14(18)28-2)21(27)30-10-16(25)24-20-17(19(23)26)12-5-4-6-15(12)31-20/h8-9H,3-7,10H2,1-2H3,(H2,23,26)(H,24,25). The highest BCUT2D eigenvalue weighted by atomic mass is 35.5. The van der Waals surface area contributed by atoms with Crippen molar-refractivity contribution in [3.63, 3.8) is 0 Å². The van der Waals surface area contributed by atoms with Crippen molar-refractivity contribution < 1.29 is 28.6 Å². The summed E-state index contributed by atoms with van der Waals surface area (Å²) in [6.45, 7) is 1.86. The van der Waals surface area contributed by atoms with Gasteiger partial charge in [0.25, 0.3) is 11.8 Å². The number of hydrogen-bond donors (Lipinski definition) is 2. The highest BCUT2D eigenvalue weighted by Crippen LogP contribution is 2.39. The second kappa shape index (κ2) is 10.0. The molecule has 3 N–H and O–H groups in total. The minimum atomic E-state index is -0.749. The summed E-state index contributed by atoms with van der Waals surface area (Å²) in [4.78, 5) is 37.6. The molecule has 0 fully saturated rings. The highest BCUT2D eigenvalue weighted by Gasteiger charge is 2.26. The van der Waals surface area contributed by atoms with Crippen LogP contribution in [0.15, 0.2) is 12.1 Å². The minimum absolute atomic E-state index is 0.117. The second-order valence-corrected chi connectivity index (χ2v) is 8.40. The normalized spacial score (nSPS) is 12.2. The Hall–Kier alpha value is -2.78. The molecule has 1 heterocycles. The number of rotatable bonds is 9. The fourth-order valence-corrected chi connectivity index (χ4v) is 4.89. The smallest absolute Gasteiger partial charge is 0.338 e. The molecule has 1 aromatic carbocycles. The summed E-state index contributed by atoms with van der Waals surface area (Å²) in [6, 6.07) is 2.83. The largest absolute Gasteiger partial charge is 0.493 e. The van der Waals surface area contributed by atoms with Gasteiger partial charge in [0.2, 0.25) is 0 Å². The molecule has 0 saturated carbocycles. The fourth-order valence-electron chi connectivity index (χ4n) is 3.31. The van der Waals surface area contributed by atoms with Crippen LogP contribution in [0.1, 0.15) is 50.9 Å². The molecule has 1 aliphatic carbocycles. The number of fused-ring (bicyclic) bond motifs is 1. The van der Waals surface area contributed by atoms with Crippen molar-refractivity contribution in [1.82, 2.24) is 0 Å². The number of aryl methyl sites for hydroxylation is 1. The van der Waals surface area contributed by atoms with Gasteiger partial charge in [-0.3, -0.25) is 9.59 Å². The maximum Gasteiger partial charge on any atom is 0.338 e. The van der Waals surface area contributed by atoms with Crippen molar-refractivity contribution in [3.05, 3.63) is 38.7 Å². The van der Waals surface area contributed by atoms with Crippen LogP contribution in [-0.2, 0) is 22.4 Å². The lowest BCUT2D eigenvalue weighted by atomic mass is 10.1. The van der Waals surface area contributed by atoms with Gasteiger partial charge in [-0.25, -0.2) is 4.79 Å². The molecule has 0 aliphatic heterocycles. The average molecular weight is 467 g/mol. The van der Waals surface area contributed by atoms with Gasteiger partial charge in [0, 0.05) is 4.88 Å². The van der Waals surface area contributed by atoms with Crippen LogP contribution in [0.5, 0.6) is 11.5 Å². The number of methoxy groups -OCH3 is 1. The number of ether oxygens (including phenoxy) is 3. The molecule has 166 valence electrons. The molecule has 1 aliphatic rings.